The van der Waals surface area contributed by atoms with Gasteiger partial charge in [0.2, 0.25) is 5.91 Å². The number of carbonyl (C=O) groups excluding carboxylic acids is 1. The first-order valence-electron chi connectivity index (χ1n) is 5.85. The Labute approximate surface area is 104 Å². The van der Waals surface area contributed by atoms with Crippen LogP contribution in [0.1, 0.15) is 19.3 Å². The number of rotatable bonds is 4. The fourth-order valence-corrected chi connectivity index (χ4v) is 2.14. The minimum absolute atomic E-state index is 0. The van der Waals surface area contributed by atoms with E-state index in [2.05, 4.69) is 17.3 Å². The van der Waals surface area contributed by atoms with Gasteiger partial charge in [0.15, 0.2) is 0 Å². The van der Waals surface area contributed by atoms with Crippen LogP contribution < -0.4 is 5.32 Å². The van der Waals surface area contributed by atoms with Gasteiger partial charge >= 0.3 is 0 Å². The van der Waals surface area contributed by atoms with Crippen molar-refractivity contribution in [3.63, 3.8) is 0 Å². The molecule has 0 aromatic carbocycles. The first-order chi connectivity index (χ1) is 7.18. The molecule has 16 heavy (non-hydrogen) atoms. The summed E-state index contributed by atoms with van der Waals surface area (Å²) >= 11 is 0. The average molecular weight is 248 g/mol. The Hall–Kier alpha value is -0.320. The van der Waals surface area contributed by atoms with Crippen molar-refractivity contribution < 1.29 is 4.79 Å². The van der Waals surface area contributed by atoms with E-state index in [1.807, 2.05) is 11.9 Å². The number of likely N-dealkylation sites (N-methyl/N-ethyl adjacent to an activating group) is 2. The maximum atomic E-state index is 11.9. The highest BCUT2D eigenvalue weighted by Gasteiger charge is 2.30. The third-order valence-corrected chi connectivity index (χ3v) is 3.53. The molecule has 2 rings (SSSR count). The second-order valence-electron chi connectivity index (χ2n) is 4.80. The predicted octanol–water partition coefficient (Wildman–Crippen LogP) is 0.323. The minimum Gasteiger partial charge on any atom is -0.342 e. The van der Waals surface area contributed by atoms with Crippen LogP contribution in [0.3, 0.4) is 0 Å². The summed E-state index contributed by atoms with van der Waals surface area (Å²) in [6, 6.07) is 1.08. The molecule has 4 nitrogen and oxygen atoms in total. The van der Waals surface area contributed by atoms with E-state index in [0.717, 1.165) is 19.5 Å². The molecule has 0 aromatic heterocycles. The Balaban J connectivity index is 0.00000128. The fraction of sp³-hybridized carbons (Fsp3) is 0.909. The lowest BCUT2D eigenvalue weighted by molar-refractivity contribution is -0.131. The second kappa shape index (κ2) is 5.84. The summed E-state index contributed by atoms with van der Waals surface area (Å²) in [6.45, 7) is 2.68. The van der Waals surface area contributed by atoms with Crippen molar-refractivity contribution in [3.8, 4) is 0 Å². The molecule has 1 aliphatic carbocycles. The normalized spacial score (nSPS) is 24.3. The Morgan fingerprint density at radius 2 is 1.94 bits per heavy atom. The molecule has 2 aliphatic rings. The van der Waals surface area contributed by atoms with Crippen molar-refractivity contribution in [3.05, 3.63) is 0 Å². The molecule has 1 atom stereocenters. The lowest BCUT2D eigenvalue weighted by Crippen LogP contribution is -2.42. The van der Waals surface area contributed by atoms with E-state index >= 15 is 0 Å². The molecular formula is C11H22ClN3O. The van der Waals surface area contributed by atoms with Gasteiger partial charge in [-0.3, -0.25) is 9.69 Å². The van der Waals surface area contributed by atoms with Crippen molar-refractivity contribution in [1.29, 1.82) is 0 Å². The predicted molar refractivity (Wildman–Crippen MR) is 66.9 cm³/mol. The van der Waals surface area contributed by atoms with E-state index in [1.165, 1.54) is 12.8 Å². The van der Waals surface area contributed by atoms with E-state index in [-0.39, 0.29) is 18.3 Å². The largest absolute Gasteiger partial charge is 0.342 e. The molecule has 94 valence electrons. The maximum absolute atomic E-state index is 11.9. The zero-order valence-electron chi connectivity index (χ0n) is 10.1. The summed E-state index contributed by atoms with van der Waals surface area (Å²) in [4.78, 5) is 16.0. The average Bonchev–Trinajstić information content (AvgIpc) is 2.91. The van der Waals surface area contributed by atoms with E-state index in [4.69, 9.17) is 0 Å². The Kier molecular flexibility index (Phi) is 5.02. The van der Waals surface area contributed by atoms with Gasteiger partial charge in [0, 0.05) is 25.7 Å². The quantitative estimate of drug-likeness (QED) is 0.778. The molecule has 0 aromatic rings. The van der Waals surface area contributed by atoms with Gasteiger partial charge in [0.05, 0.1) is 6.54 Å². The van der Waals surface area contributed by atoms with Crippen molar-refractivity contribution in [2.24, 2.45) is 0 Å². The zero-order valence-corrected chi connectivity index (χ0v) is 10.9. The molecule has 0 radical (unpaired) electrons. The van der Waals surface area contributed by atoms with Crippen molar-refractivity contribution >= 4 is 18.3 Å². The number of amides is 1. The first kappa shape index (κ1) is 13.7. The monoisotopic (exact) mass is 247 g/mol. The molecule has 1 heterocycles. The lowest BCUT2D eigenvalue weighted by Gasteiger charge is -2.25. The highest BCUT2D eigenvalue weighted by Crippen LogP contribution is 2.25. The highest BCUT2D eigenvalue weighted by atomic mass is 35.5. The van der Waals surface area contributed by atoms with Gasteiger partial charge in [-0.15, -0.1) is 12.4 Å². The number of hydrogen-bond acceptors (Lipinski definition) is 3. The van der Waals surface area contributed by atoms with E-state index in [1.54, 1.807) is 0 Å². The van der Waals surface area contributed by atoms with Gasteiger partial charge in [0.1, 0.15) is 0 Å². The Bertz CT molecular complexity index is 239. The van der Waals surface area contributed by atoms with Gasteiger partial charge in [-0.2, -0.15) is 0 Å². The summed E-state index contributed by atoms with van der Waals surface area (Å²) in [6.07, 6.45) is 3.55. The van der Waals surface area contributed by atoms with E-state index in [9.17, 15) is 4.79 Å². The van der Waals surface area contributed by atoms with Gasteiger partial charge in [0.25, 0.3) is 0 Å². The molecule has 5 heteroatoms. The molecule has 1 saturated carbocycles. The summed E-state index contributed by atoms with van der Waals surface area (Å²) in [5, 5.41) is 3.32. The van der Waals surface area contributed by atoms with Crippen LogP contribution in [0.15, 0.2) is 0 Å². The third kappa shape index (κ3) is 3.34. The van der Waals surface area contributed by atoms with Gasteiger partial charge in [-0.1, -0.05) is 0 Å². The van der Waals surface area contributed by atoms with Crippen molar-refractivity contribution in [2.45, 2.75) is 31.3 Å². The van der Waals surface area contributed by atoms with E-state index < -0.39 is 0 Å². The molecular weight excluding hydrogens is 226 g/mol. The van der Waals surface area contributed by atoms with Gasteiger partial charge in [-0.25, -0.2) is 0 Å². The van der Waals surface area contributed by atoms with Crippen molar-refractivity contribution in [2.75, 3.05) is 33.7 Å². The Morgan fingerprint density at radius 3 is 2.44 bits per heavy atom. The van der Waals surface area contributed by atoms with E-state index in [0.29, 0.717) is 18.6 Å². The van der Waals surface area contributed by atoms with Crippen LogP contribution in [0, 0.1) is 0 Å². The van der Waals surface area contributed by atoms with Crippen LogP contribution >= 0.6 is 12.4 Å². The summed E-state index contributed by atoms with van der Waals surface area (Å²) < 4.78 is 0. The second-order valence-corrected chi connectivity index (χ2v) is 4.80. The zero-order chi connectivity index (χ0) is 10.8. The lowest BCUT2D eigenvalue weighted by atomic mass is 10.2. The van der Waals surface area contributed by atoms with Crippen LogP contribution in [0.5, 0.6) is 0 Å². The molecule has 1 unspecified atom stereocenters. The van der Waals surface area contributed by atoms with Crippen molar-refractivity contribution in [1.82, 2.24) is 15.1 Å². The summed E-state index contributed by atoms with van der Waals surface area (Å²) in [5.41, 5.74) is 0. The maximum Gasteiger partial charge on any atom is 0.236 e. The number of halogens is 1. The standard InChI is InChI=1S/C11H21N3O.ClH/c1-13(10-5-6-12-7-10)8-11(15)14(2)9-3-4-9;/h9-10,12H,3-8H2,1-2H3;1H. The minimum atomic E-state index is 0. The number of nitrogens with one attached hydrogen (secondary N) is 1. The topological polar surface area (TPSA) is 35.6 Å². The van der Waals surface area contributed by atoms with Gasteiger partial charge in [-0.05, 0) is 32.9 Å². The van der Waals surface area contributed by atoms with Crippen LogP contribution in [0.2, 0.25) is 0 Å². The highest BCUT2D eigenvalue weighted by molar-refractivity contribution is 5.85. The summed E-state index contributed by atoms with van der Waals surface area (Å²) in [7, 11) is 3.98. The van der Waals surface area contributed by atoms with Crippen LogP contribution in [-0.4, -0.2) is 61.5 Å². The smallest absolute Gasteiger partial charge is 0.236 e. The fourth-order valence-electron chi connectivity index (χ4n) is 2.14. The molecule has 1 saturated heterocycles. The van der Waals surface area contributed by atoms with Gasteiger partial charge < -0.3 is 10.2 Å². The number of hydrogen-bond donors (Lipinski definition) is 1. The SMILES string of the molecule is CN(CC(=O)N(C)C1CC1)C1CCNC1.Cl. The summed E-state index contributed by atoms with van der Waals surface area (Å²) in [5.74, 6) is 0.270. The first-order valence-corrected chi connectivity index (χ1v) is 5.85. The molecule has 0 spiro atoms. The molecule has 1 N–H and O–H groups in total. The molecule has 2 fully saturated rings. The number of nitrogens with zero attached hydrogens (tertiary/aromatic N) is 2. The molecule has 1 aliphatic heterocycles. The Morgan fingerprint density at radius 1 is 1.25 bits per heavy atom. The van der Waals surface area contributed by atoms with Crippen LogP contribution in [0.4, 0.5) is 0 Å². The van der Waals surface area contributed by atoms with Crippen LogP contribution in [0.25, 0.3) is 0 Å². The molecule has 0 bridgehead atoms. The third-order valence-electron chi connectivity index (χ3n) is 3.53. The molecule has 1 amide bonds. The number of carbonyl (C=O) groups is 1. The van der Waals surface area contributed by atoms with Crippen LogP contribution in [-0.2, 0) is 4.79 Å².